The minimum absolute atomic E-state index is 0.00971. The first-order valence-electron chi connectivity index (χ1n) is 8.60. The molecule has 32 heavy (non-hydrogen) atoms. The number of nitriles is 1. The van der Waals surface area contributed by atoms with E-state index in [0.717, 1.165) is 17.9 Å². The van der Waals surface area contributed by atoms with E-state index < -0.39 is 5.75 Å². The number of hydrogen-bond acceptors (Lipinski definition) is 12. The lowest BCUT2D eigenvalue weighted by Crippen LogP contribution is -1.87. The number of pyridine rings is 1. The van der Waals surface area contributed by atoms with E-state index in [0.29, 0.717) is 27.3 Å². The highest BCUT2D eigenvalue weighted by molar-refractivity contribution is 7.11. The molecule has 0 bridgehead atoms. The van der Waals surface area contributed by atoms with E-state index in [1.165, 1.54) is 12.1 Å². The van der Waals surface area contributed by atoms with Crippen LogP contribution in [0.5, 0.6) is 11.5 Å². The Morgan fingerprint density at radius 3 is 2.69 bits per heavy atom. The summed E-state index contributed by atoms with van der Waals surface area (Å²) < 4.78 is 4.22. The summed E-state index contributed by atoms with van der Waals surface area (Å²) in [5, 5.41) is 45.7. The van der Waals surface area contributed by atoms with Crippen LogP contribution in [0.25, 0.3) is 11.0 Å². The SMILES string of the molecule is Cc1nc2c(/N=N/c3ccc(O)c(/N=N/c4ncnc(Cl)c4Cl)c3O)snc2cc1C#N. The third-order valence-electron chi connectivity index (χ3n) is 4.08. The van der Waals surface area contributed by atoms with Gasteiger partial charge in [0, 0.05) is 0 Å². The van der Waals surface area contributed by atoms with Crippen LogP contribution in [0.1, 0.15) is 11.3 Å². The fraction of sp³-hybridized carbons (Fsp3) is 0.0556. The van der Waals surface area contributed by atoms with Crippen molar-refractivity contribution in [2.75, 3.05) is 0 Å². The molecule has 3 heterocycles. The topological polar surface area (TPSA) is 165 Å². The number of azo groups is 2. The van der Waals surface area contributed by atoms with Crippen LogP contribution in [0.15, 0.2) is 45.0 Å². The number of phenolic OH excluding ortho intramolecular Hbond substituents is 2. The van der Waals surface area contributed by atoms with Crippen molar-refractivity contribution in [1.29, 1.82) is 5.26 Å². The summed E-state index contributed by atoms with van der Waals surface area (Å²) in [6.07, 6.45) is 1.14. The maximum Gasteiger partial charge on any atom is 0.197 e. The van der Waals surface area contributed by atoms with Gasteiger partial charge in [-0.3, -0.25) is 0 Å². The number of aromatic hydroxyl groups is 2. The van der Waals surface area contributed by atoms with E-state index in [2.05, 4.69) is 45.9 Å². The lowest BCUT2D eigenvalue weighted by Gasteiger charge is -2.04. The van der Waals surface area contributed by atoms with E-state index in [-0.39, 0.29) is 33.1 Å². The summed E-state index contributed by atoms with van der Waals surface area (Å²) in [7, 11) is 0. The molecule has 14 heteroatoms. The van der Waals surface area contributed by atoms with E-state index >= 15 is 0 Å². The zero-order valence-corrected chi connectivity index (χ0v) is 18.2. The predicted molar refractivity (Wildman–Crippen MR) is 117 cm³/mol. The number of halogens is 2. The first-order valence-corrected chi connectivity index (χ1v) is 10.1. The van der Waals surface area contributed by atoms with E-state index in [4.69, 9.17) is 28.5 Å². The van der Waals surface area contributed by atoms with Crippen LogP contribution in [0.3, 0.4) is 0 Å². The third-order valence-corrected chi connectivity index (χ3v) is 5.54. The average Bonchev–Trinajstić information content (AvgIpc) is 3.16. The number of rotatable bonds is 4. The standard InChI is InChI=1S/C18H9Cl2N9O2S/c1-7-8(5-21)4-10-13(24-7)18(32-29-10)28-25-9-2-3-11(30)14(15(9)31)26-27-17-12(19)16(20)22-6-23-17/h2-4,6,30-31H,1H3/b27-26+,28-25+. The van der Waals surface area contributed by atoms with Crippen LogP contribution in [0.2, 0.25) is 10.2 Å². The van der Waals surface area contributed by atoms with Crippen molar-refractivity contribution < 1.29 is 10.2 Å². The van der Waals surface area contributed by atoms with Gasteiger partial charge in [0.25, 0.3) is 0 Å². The smallest absolute Gasteiger partial charge is 0.197 e. The van der Waals surface area contributed by atoms with Crippen LogP contribution in [-0.4, -0.2) is 29.5 Å². The predicted octanol–water partition coefficient (Wildman–Crippen LogP) is 6.21. The Morgan fingerprint density at radius 1 is 1.09 bits per heavy atom. The molecule has 4 rings (SSSR count). The zero-order chi connectivity index (χ0) is 22.8. The van der Waals surface area contributed by atoms with Gasteiger partial charge < -0.3 is 10.2 Å². The molecule has 158 valence electrons. The summed E-state index contributed by atoms with van der Waals surface area (Å²) in [5.41, 5.74) is 1.68. The van der Waals surface area contributed by atoms with Gasteiger partial charge in [0.2, 0.25) is 0 Å². The lowest BCUT2D eigenvalue weighted by molar-refractivity contribution is 0.453. The van der Waals surface area contributed by atoms with Gasteiger partial charge in [-0.25, -0.2) is 15.0 Å². The Bertz CT molecular complexity index is 1460. The molecule has 0 amide bonds. The molecule has 0 aliphatic rings. The van der Waals surface area contributed by atoms with Crippen LogP contribution >= 0.6 is 34.7 Å². The maximum absolute atomic E-state index is 10.5. The van der Waals surface area contributed by atoms with Gasteiger partial charge in [-0.15, -0.1) is 20.5 Å². The molecule has 0 fully saturated rings. The number of aryl methyl sites for hydroxylation is 1. The Labute approximate surface area is 193 Å². The van der Waals surface area contributed by atoms with E-state index in [1.807, 2.05) is 0 Å². The summed E-state index contributed by atoms with van der Waals surface area (Å²) in [6, 6.07) is 6.28. The van der Waals surface area contributed by atoms with Crippen LogP contribution in [0.4, 0.5) is 22.2 Å². The Morgan fingerprint density at radius 2 is 1.91 bits per heavy atom. The Kier molecular flexibility index (Phi) is 5.87. The van der Waals surface area contributed by atoms with Crippen molar-refractivity contribution in [1.82, 2.24) is 19.3 Å². The number of nitrogens with zero attached hydrogens (tertiary/aromatic N) is 9. The van der Waals surface area contributed by atoms with Crippen LogP contribution in [0, 0.1) is 18.3 Å². The monoisotopic (exact) mass is 485 g/mol. The molecule has 2 N–H and O–H groups in total. The fourth-order valence-electron chi connectivity index (χ4n) is 2.48. The minimum atomic E-state index is -0.474. The average molecular weight is 486 g/mol. The number of benzene rings is 1. The molecule has 4 aromatic rings. The minimum Gasteiger partial charge on any atom is -0.505 e. The summed E-state index contributed by atoms with van der Waals surface area (Å²) in [5.74, 6) is -0.878. The second-order valence-electron chi connectivity index (χ2n) is 6.09. The molecule has 11 nitrogen and oxygen atoms in total. The number of hydrogen-bond donors (Lipinski definition) is 2. The number of fused-ring (bicyclic) bond motifs is 1. The summed E-state index contributed by atoms with van der Waals surface area (Å²) >= 11 is 12.8. The van der Waals surface area contributed by atoms with E-state index in [9.17, 15) is 10.2 Å². The molecular formula is C18H9Cl2N9O2S. The number of phenols is 2. The Balaban J connectivity index is 1.69. The Hall–Kier alpha value is -3.79. The van der Waals surface area contributed by atoms with Crippen molar-refractivity contribution >= 4 is 68.0 Å². The molecule has 3 aromatic heterocycles. The first-order chi connectivity index (χ1) is 15.4. The van der Waals surface area contributed by atoms with Crippen LogP contribution in [-0.2, 0) is 0 Å². The first kappa shape index (κ1) is 21.4. The lowest BCUT2D eigenvalue weighted by atomic mass is 10.2. The van der Waals surface area contributed by atoms with Crippen molar-refractivity contribution in [2.45, 2.75) is 6.92 Å². The van der Waals surface area contributed by atoms with Gasteiger partial charge in [-0.2, -0.15) is 9.64 Å². The second kappa shape index (κ2) is 8.75. The molecule has 0 atom stereocenters. The quantitative estimate of drug-likeness (QED) is 0.255. The van der Waals surface area contributed by atoms with Gasteiger partial charge in [0.05, 0.1) is 11.3 Å². The second-order valence-corrected chi connectivity index (χ2v) is 7.58. The highest BCUT2D eigenvalue weighted by Crippen LogP contribution is 2.44. The van der Waals surface area contributed by atoms with Gasteiger partial charge in [-0.05, 0) is 36.7 Å². The highest BCUT2D eigenvalue weighted by atomic mass is 35.5. The highest BCUT2D eigenvalue weighted by Gasteiger charge is 2.15. The molecule has 0 unspecified atom stereocenters. The third kappa shape index (κ3) is 4.04. The molecule has 0 radical (unpaired) electrons. The van der Waals surface area contributed by atoms with Gasteiger partial charge in [0.15, 0.2) is 27.4 Å². The largest absolute Gasteiger partial charge is 0.505 e. The van der Waals surface area contributed by atoms with Crippen LogP contribution < -0.4 is 0 Å². The van der Waals surface area contributed by atoms with Crippen molar-refractivity contribution in [3.05, 3.63) is 46.0 Å². The molecule has 0 aliphatic carbocycles. The van der Waals surface area contributed by atoms with Gasteiger partial charge in [-0.1, -0.05) is 23.2 Å². The molecule has 0 saturated carbocycles. The van der Waals surface area contributed by atoms with Crippen molar-refractivity contribution in [3.63, 3.8) is 0 Å². The molecule has 0 saturated heterocycles. The number of aromatic nitrogens is 4. The van der Waals surface area contributed by atoms with Crippen molar-refractivity contribution in [2.24, 2.45) is 20.5 Å². The molecule has 1 aromatic carbocycles. The van der Waals surface area contributed by atoms with Crippen molar-refractivity contribution in [3.8, 4) is 17.6 Å². The fourth-order valence-corrected chi connectivity index (χ4v) is 3.38. The maximum atomic E-state index is 10.5. The van der Waals surface area contributed by atoms with E-state index in [1.54, 1.807) is 13.0 Å². The molecular weight excluding hydrogens is 477 g/mol. The summed E-state index contributed by atoms with van der Waals surface area (Å²) in [4.78, 5) is 11.9. The zero-order valence-electron chi connectivity index (χ0n) is 15.9. The summed E-state index contributed by atoms with van der Waals surface area (Å²) in [6.45, 7) is 1.71. The normalized spacial score (nSPS) is 11.6. The molecule has 0 aliphatic heterocycles. The van der Waals surface area contributed by atoms with Gasteiger partial charge in [0.1, 0.15) is 39.9 Å². The van der Waals surface area contributed by atoms with Gasteiger partial charge >= 0.3 is 0 Å². The molecule has 0 spiro atoms.